The van der Waals surface area contributed by atoms with Crippen molar-refractivity contribution in [2.24, 2.45) is 0 Å². The number of nitrogens with zero attached hydrogens (tertiary/aromatic N) is 1. The molecule has 0 atom stereocenters. The standard InChI is InChI=1S/C13H16N4O2S/c1-15-20(18,19)13-8-11(14)2-3-12(13)17-9-10-4-6-16-7-5-10/h2-8,15,17H,9,14H2,1H3. The molecule has 0 radical (unpaired) electrons. The van der Waals surface area contributed by atoms with Crippen molar-refractivity contribution in [1.29, 1.82) is 0 Å². The number of nitrogens with one attached hydrogen (secondary N) is 2. The Morgan fingerprint density at radius 2 is 1.90 bits per heavy atom. The Balaban J connectivity index is 2.28. The highest BCUT2D eigenvalue weighted by atomic mass is 32.2. The molecule has 20 heavy (non-hydrogen) atoms. The minimum absolute atomic E-state index is 0.133. The summed E-state index contributed by atoms with van der Waals surface area (Å²) in [6.45, 7) is 0.499. The van der Waals surface area contributed by atoms with E-state index in [1.54, 1.807) is 24.5 Å². The number of nitrogens with two attached hydrogens (primary N) is 1. The largest absolute Gasteiger partial charge is 0.399 e. The molecule has 0 saturated carbocycles. The smallest absolute Gasteiger partial charge is 0.242 e. The zero-order valence-corrected chi connectivity index (χ0v) is 11.8. The SMILES string of the molecule is CNS(=O)(=O)c1cc(N)ccc1NCc1ccncc1. The first kappa shape index (κ1) is 14.3. The molecule has 0 amide bonds. The van der Waals surface area contributed by atoms with Gasteiger partial charge >= 0.3 is 0 Å². The summed E-state index contributed by atoms with van der Waals surface area (Å²) in [5.41, 5.74) is 7.56. The van der Waals surface area contributed by atoms with Gasteiger partial charge in [0.05, 0.1) is 5.69 Å². The molecule has 2 rings (SSSR count). The zero-order valence-electron chi connectivity index (χ0n) is 11.0. The van der Waals surface area contributed by atoms with E-state index in [4.69, 9.17) is 5.73 Å². The molecule has 6 nitrogen and oxygen atoms in total. The second-order valence-electron chi connectivity index (χ2n) is 4.17. The Bertz CT molecular complexity index is 687. The van der Waals surface area contributed by atoms with Gasteiger partial charge in [0.25, 0.3) is 0 Å². The number of pyridine rings is 1. The molecule has 1 aromatic heterocycles. The Labute approximate surface area is 118 Å². The van der Waals surface area contributed by atoms with Gasteiger partial charge in [0.1, 0.15) is 4.90 Å². The maximum Gasteiger partial charge on any atom is 0.242 e. The van der Waals surface area contributed by atoms with E-state index in [-0.39, 0.29) is 4.90 Å². The van der Waals surface area contributed by atoms with Gasteiger partial charge in [-0.05, 0) is 42.9 Å². The molecule has 7 heteroatoms. The number of aromatic nitrogens is 1. The minimum atomic E-state index is -3.56. The summed E-state index contributed by atoms with van der Waals surface area (Å²) in [6.07, 6.45) is 3.37. The van der Waals surface area contributed by atoms with Crippen LogP contribution in [0.15, 0.2) is 47.6 Å². The molecule has 2 aromatic rings. The fourth-order valence-electron chi connectivity index (χ4n) is 1.72. The summed E-state index contributed by atoms with van der Waals surface area (Å²) in [7, 11) is -2.19. The molecule has 0 aliphatic rings. The summed E-state index contributed by atoms with van der Waals surface area (Å²) in [4.78, 5) is 4.07. The molecule has 0 fully saturated rings. The molecule has 1 aromatic carbocycles. The van der Waals surface area contributed by atoms with Crippen LogP contribution >= 0.6 is 0 Å². The molecule has 0 spiro atoms. The highest BCUT2D eigenvalue weighted by molar-refractivity contribution is 7.89. The van der Waals surface area contributed by atoms with Crippen LogP contribution in [0.1, 0.15) is 5.56 Å². The molecule has 4 N–H and O–H groups in total. The van der Waals surface area contributed by atoms with Crippen molar-refractivity contribution >= 4 is 21.4 Å². The highest BCUT2D eigenvalue weighted by Gasteiger charge is 2.16. The fraction of sp³-hybridized carbons (Fsp3) is 0.154. The molecule has 0 aliphatic carbocycles. The summed E-state index contributed by atoms with van der Waals surface area (Å²) in [5, 5.41) is 3.09. The number of hydrogen-bond acceptors (Lipinski definition) is 5. The van der Waals surface area contributed by atoms with E-state index >= 15 is 0 Å². The van der Waals surface area contributed by atoms with Crippen LogP contribution < -0.4 is 15.8 Å². The van der Waals surface area contributed by atoms with Crippen molar-refractivity contribution in [3.63, 3.8) is 0 Å². The molecule has 0 aliphatic heterocycles. The van der Waals surface area contributed by atoms with Crippen LogP contribution in [0, 0.1) is 0 Å². The van der Waals surface area contributed by atoms with E-state index in [1.165, 1.54) is 13.1 Å². The lowest BCUT2D eigenvalue weighted by Gasteiger charge is -2.13. The van der Waals surface area contributed by atoms with Gasteiger partial charge in [0.2, 0.25) is 10.0 Å². The van der Waals surface area contributed by atoms with Gasteiger partial charge in [0.15, 0.2) is 0 Å². The van der Waals surface area contributed by atoms with E-state index in [1.807, 2.05) is 12.1 Å². The lowest BCUT2D eigenvalue weighted by Crippen LogP contribution is -2.20. The van der Waals surface area contributed by atoms with Crippen molar-refractivity contribution in [1.82, 2.24) is 9.71 Å². The monoisotopic (exact) mass is 292 g/mol. The number of sulfonamides is 1. The maximum absolute atomic E-state index is 12.0. The van der Waals surface area contributed by atoms with Gasteiger partial charge in [0, 0.05) is 24.6 Å². The normalized spacial score (nSPS) is 11.2. The lowest BCUT2D eigenvalue weighted by atomic mass is 10.2. The van der Waals surface area contributed by atoms with Crippen molar-refractivity contribution in [3.05, 3.63) is 48.3 Å². The van der Waals surface area contributed by atoms with Crippen LogP contribution in [0.3, 0.4) is 0 Å². The van der Waals surface area contributed by atoms with Crippen LogP contribution in [0.5, 0.6) is 0 Å². The number of hydrogen-bond donors (Lipinski definition) is 3. The fourth-order valence-corrected chi connectivity index (χ4v) is 2.66. The average Bonchev–Trinajstić information content (AvgIpc) is 2.47. The Kier molecular flexibility index (Phi) is 4.21. The van der Waals surface area contributed by atoms with Gasteiger partial charge in [-0.3, -0.25) is 4.98 Å². The van der Waals surface area contributed by atoms with Crippen LogP contribution in [0.2, 0.25) is 0 Å². The van der Waals surface area contributed by atoms with Gasteiger partial charge in [-0.15, -0.1) is 0 Å². The third-order valence-corrected chi connectivity index (χ3v) is 4.25. The van der Waals surface area contributed by atoms with Gasteiger partial charge in [-0.2, -0.15) is 0 Å². The van der Waals surface area contributed by atoms with E-state index in [2.05, 4.69) is 15.0 Å². The predicted molar refractivity (Wildman–Crippen MR) is 78.7 cm³/mol. The van der Waals surface area contributed by atoms with Crippen molar-refractivity contribution in [2.45, 2.75) is 11.4 Å². The number of benzene rings is 1. The van der Waals surface area contributed by atoms with Crippen molar-refractivity contribution in [3.8, 4) is 0 Å². The third kappa shape index (κ3) is 3.25. The number of nitrogen functional groups attached to an aromatic ring is 1. The quantitative estimate of drug-likeness (QED) is 0.719. The van der Waals surface area contributed by atoms with Crippen molar-refractivity contribution in [2.75, 3.05) is 18.1 Å². The zero-order chi connectivity index (χ0) is 14.6. The number of rotatable bonds is 5. The van der Waals surface area contributed by atoms with E-state index in [9.17, 15) is 8.42 Å². The summed E-state index contributed by atoms with van der Waals surface area (Å²) in [5.74, 6) is 0. The predicted octanol–water partition coefficient (Wildman–Crippen LogP) is 1.18. The first-order valence-electron chi connectivity index (χ1n) is 5.99. The number of anilines is 2. The van der Waals surface area contributed by atoms with Crippen molar-refractivity contribution < 1.29 is 8.42 Å². The van der Waals surface area contributed by atoms with Crippen LogP contribution in [0.4, 0.5) is 11.4 Å². The molecule has 1 heterocycles. The summed E-state index contributed by atoms with van der Waals surface area (Å²) >= 11 is 0. The van der Waals surface area contributed by atoms with Gasteiger partial charge in [-0.25, -0.2) is 13.1 Å². The minimum Gasteiger partial charge on any atom is -0.399 e. The van der Waals surface area contributed by atoms with E-state index < -0.39 is 10.0 Å². The molecule has 106 valence electrons. The summed E-state index contributed by atoms with van der Waals surface area (Å²) < 4.78 is 26.2. The average molecular weight is 292 g/mol. The molecule has 0 unspecified atom stereocenters. The maximum atomic E-state index is 12.0. The molecule has 0 bridgehead atoms. The van der Waals surface area contributed by atoms with Crippen LogP contribution in [-0.4, -0.2) is 20.4 Å². The molecular formula is C13H16N4O2S. The lowest BCUT2D eigenvalue weighted by molar-refractivity contribution is 0.588. The first-order valence-corrected chi connectivity index (χ1v) is 7.47. The second-order valence-corrected chi connectivity index (χ2v) is 6.03. The highest BCUT2D eigenvalue weighted by Crippen LogP contribution is 2.24. The van der Waals surface area contributed by atoms with Crippen LogP contribution in [0.25, 0.3) is 0 Å². The first-order chi connectivity index (χ1) is 9.53. The topological polar surface area (TPSA) is 97.1 Å². The Hall–Kier alpha value is -2.12. The summed E-state index contributed by atoms with van der Waals surface area (Å²) in [6, 6.07) is 8.46. The van der Waals surface area contributed by atoms with E-state index in [0.717, 1.165) is 5.56 Å². The van der Waals surface area contributed by atoms with Crippen LogP contribution in [-0.2, 0) is 16.6 Å². The van der Waals surface area contributed by atoms with Gasteiger partial charge < -0.3 is 11.1 Å². The second kappa shape index (κ2) is 5.89. The third-order valence-electron chi connectivity index (χ3n) is 2.80. The van der Waals surface area contributed by atoms with Gasteiger partial charge in [-0.1, -0.05) is 0 Å². The Morgan fingerprint density at radius 3 is 2.55 bits per heavy atom. The van der Waals surface area contributed by atoms with E-state index in [0.29, 0.717) is 17.9 Å². The molecule has 0 saturated heterocycles. The molecular weight excluding hydrogens is 276 g/mol. The Morgan fingerprint density at radius 1 is 1.20 bits per heavy atom.